The molecule has 0 aromatic carbocycles. The number of anilines is 1. The van der Waals surface area contributed by atoms with Gasteiger partial charge in [-0.15, -0.1) is 0 Å². The summed E-state index contributed by atoms with van der Waals surface area (Å²) in [6, 6.07) is 1.78. The average molecular weight is 364 g/mol. The molecule has 1 aromatic heterocycles. The molecule has 132 valence electrons. The third kappa shape index (κ3) is 3.63. The number of hydrogen-bond donors (Lipinski definition) is 1. The zero-order chi connectivity index (χ0) is 18.1. The second kappa shape index (κ2) is 6.96. The number of carbonyl (C=O) groups is 2. The summed E-state index contributed by atoms with van der Waals surface area (Å²) in [5.74, 6) is -1.85. The topological polar surface area (TPSA) is 62.3 Å². The van der Waals surface area contributed by atoms with Gasteiger partial charge < -0.3 is 0 Å². The van der Waals surface area contributed by atoms with E-state index in [9.17, 15) is 22.8 Å². The molecule has 1 aliphatic heterocycles. The number of imide groups is 1. The minimum absolute atomic E-state index is 0.0990. The van der Waals surface area contributed by atoms with Crippen molar-refractivity contribution in [2.45, 2.75) is 39.3 Å². The van der Waals surface area contributed by atoms with Crippen LogP contribution >= 0.6 is 11.6 Å². The van der Waals surface area contributed by atoms with E-state index in [1.807, 2.05) is 6.92 Å². The normalized spacial score (nSPS) is 21.5. The van der Waals surface area contributed by atoms with Crippen molar-refractivity contribution in [3.05, 3.63) is 22.8 Å². The second-order valence-electron chi connectivity index (χ2n) is 5.69. The molecule has 0 aliphatic carbocycles. The lowest BCUT2D eigenvalue weighted by molar-refractivity contribution is -0.139. The van der Waals surface area contributed by atoms with Crippen LogP contribution in [0.3, 0.4) is 0 Å². The summed E-state index contributed by atoms with van der Waals surface area (Å²) in [5, 5.41) is 0.0684. The Morgan fingerprint density at radius 2 is 1.96 bits per heavy atom. The van der Waals surface area contributed by atoms with E-state index in [1.165, 1.54) is 0 Å². The molecule has 5 nitrogen and oxygen atoms in total. The highest BCUT2D eigenvalue weighted by molar-refractivity contribution is 6.30. The van der Waals surface area contributed by atoms with Crippen LogP contribution < -0.4 is 5.43 Å². The fourth-order valence-corrected chi connectivity index (χ4v) is 2.86. The van der Waals surface area contributed by atoms with Crippen LogP contribution in [0.25, 0.3) is 0 Å². The fourth-order valence-electron chi connectivity index (χ4n) is 2.59. The standard InChI is InChI=1S/C15H17ClF3N3O2/c1-3-4-5-9-8(2)13(23)22(14(9)24)21-11-7-6-10(12(16)20-11)15(17,18)19/h6-9H,3-5H2,1-2H3,(H,20,21). The fraction of sp³-hybridized carbons (Fsp3) is 0.533. The average Bonchev–Trinajstić information content (AvgIpc) is 2.68. The Morgan fingerprint density at radius 1 is 1.29 bits per heavy atom. The SMILES string of the molecule is CCCCC1C(=O)N(Nc2ccc(C(F)(F)F)c(Cl)n2)C(=O)C1C. The number of unbranched alkanes of at least 4 members (excludes halogenated alkanes) is 1. The third-order valence-corrected chi connectivity index (χ3v) is 4.29. The molecule has 2 amide bonds. The predicted molar refractivity (Wildman–Crippen MR) is 81.9 cm³/mol. The van der Waals surface area contributed by atoms with Crippen LogP contribution in [-0.4, -0.2) is 21.8 Å². The first-order chi connectivity index (χ1) is 11.2. The molecule has 2 heterocycles. The molecule has 9 heteroatoms. The molecule has 0 bridgehead atoms. The highest BCUT2D eigenvalue weighted by Gasteiger charge is 2.45. The summed E-state index contributed by atoms with van der Waals surface area (Å²) < 4.78 is 38.0. The van der Waals surface area contributed by atoms with Crippen LogP contribution in [0.5, 0.6) is 0 Å². The Hall–Kier alpha value is -1.83. The van der Waals surface area contributed by atoms with Gasteiger partial charge in [0.25, 0.3) is 11.8 Å². The summed E-state index contributed by atoms with van der Waals surface area (Å²) in [6.07, 6.45) is -2.33. The van der Waals surface area contributed by atoms with Crippen molar-refractivity contribution < 1.29 is 22.8 Å². The van der Waals surface area contributed by atoms with E-state index < -0.39 is 40.5 Å². The molecule has 2 rings (SSSR count). The molecular formula is C15H17ClF3N3O2. The van der Waals surface area contributed by atoms with Crippen molar-refractivity contribution in [1.29, 1.82) is 0 Å². The van der Waals surface area contributed by atoms with E-state index >= 15 is 0 Å². The van der Waals surface area contributed by atoms with E-state index in [1.54, 1.807) is 6.92 Å². The number of carbonyl (C=O) groups excluding carboxylic acids is 2. The Labute approximate surface area is 142 Å². The maximum Gasteiger partial charge on any atom is 0.419 e. The number of alkyl halides is 3. The number of amides is 2. The Morgan fingerprint density at radius 3 is 2.50 bits per heavy atom. The van der Waals surface area contributed by atoms with E-state index in [4.69, 9.17) is 11.6 Å². The number of nitrogens with one attached hydrogen (secondary N) is 1. The van der Waals surface area contributed by atoms with Gasteiger partial charge >= 0.3 is 6.18 Å². The van der Waals surface area contributed by atoms with Gasteiger partial charge in [-0.1, -0.05) is 38.3 Å². The monoisotopic (exact) mass is 363 g/mol. The van der Waals surface area contributed by atoms with Crippen molar-refractivity contribution in [1.82, 2.24) is 9.99 Å². The summed E-state index contributed by atoms with van der Waals surface area (Å²) in [7, 11) is 0. The van der Waals surface area contributed by atoms with Gasteiger partial charge in [-0.2, -0.15) is 18.2 Å². The Bertz CT molecular complexity index is 651. The number of halogens is 4. The minimum Gasteiger partial charge on any atom is -0.272 e. The van der Waals surface area contributed by atoms with Crippen molar-refractivity contribution in [2.75, 3.05) is 5.43 Å². The zero-order valence-electron chi connectivity index (χ0n) is 13.2. The third-order valence-electron chi connectivity index (χ3n) is 4.00. The highest BCUT2D eigenvalue weighted by atomic mass is 35.5. The molecule has 1 fully saturated rings. The van der Waals surface area contributed by atoms with Gasteiger partial charge in [0.15, 0.2) is 0 Å². The van der Waals surface area contributed by atoms with E-state index in [0.717, 1.165) is 30.0 Å². The largest absolute Gasteiger partial charge is 0.419 e. The van der Waals surface area contributed by atoms with Crippen molar-refractivity contribution in [2.24, 2.45) is 11.8 Å². The number of nitrogens with zero attached hydrogens (tertiary/aromatic N) is 2. The Kier molecular flexibility index (Phi) is 5.37. The van der Waals surface area contributed by atoms with Crippen LogP contribution in [0.15, 0.2) is 12.1 Å². The van der Waals surface area contributed by atoms with Crippen LogP contribution in [0, 0.1) is 11.8 Å². The first kappa shape index (κ1) is 18.5. The van der Waals surface area contributed by atoms with Gasteiger partial charge in [-0.25, -0.2) is 4.98 Å². The maximum atomic E-state index is 12.7. The van der Waals surface area contributed by atoms with E-state index in [0.29, 0.717) is 6.42 Å². The number of aromatic nitrogens is 1. The minimum atomic E-state index is -4.62. The lowest BCUT2D eigenvalue weighted by Crippen LogP contribution is -2.36. The molecule has 24 heavy (non-hydrogen) atoms. The van der Waals surface area contributed by atoms with Crippen LogP contribution in [0.2, 0.25) is 5.15 Å². The summed E-state index contributed by atoms with van der Waals surface area (Å²) in [5.41, 5.74) is 1.39. The molecule has 0 spiro atoms. The highest BCUT2D eigenvalue weighted by Crippen LogP contribution is 2.35. The maximum absolute atomic E-state index is 12.7. The van der Waals surface area contributed by atoms with Crippen molar-refractivity contribution in [3.63, 3.8) is 0 Å². The lowest BCUT2D eigenvalue weighted by atomic mass is 9.92. The van der Waals surface area contributed by atoms with Gasteiger partial charge in [0, 0.05) is 5.92 Å². The molecule has 1 aromatic rings. The molecule has 2 atom stereocenters. The van der Waals surface area contributed by atoms with E-state index in [-0.39, 0.29) is 5.82 Å². The van der Waals surface area contributed by atoms with Crippen LogP contribution in [0.1, 0.15) is 38.7 Å². The van der Waals surface area contributed by atoms with Gasteiger partial charge in [0.05, 0.1) is 11.5 Å². The summed E-state index contributed by atoms with van der Waals surface area (Å²) in [4.78, 5) is 28.1. The van der Waals surface area contributed by atoms with Crippen molar-refractivity contribution in [3.8, 4) is 0 Å². The van der Waals surface area contributed by atoms with Crippen LogP contribution in [0.4, 0.5) is 19.0 Å². The van der Waals surface area contributed by atoms with Gasteiger partial charge in [-0.05, 0) is 18.6 Å². The lowest BCUT2D eigenvalue weighted by Gasteiger charge is -2.17. The summed E-state index contributed by atoms with van der Waals surface area (Å²) in [6.45, 7) is 3.64. The zero-order valence-corrected chi connectivity index (χ0v) is 13.9. The van der Waals surface area contributed by atoms with Crippen LogP contribution in [-0.2, 0) is 15.8 Å². The molecule has 0 radical (unpaired) electrons. The van der Waals surface area contributed by atoms with Crippen molar-refractivity contribution >= 4 is 29.2 Å². The smallest absolute Gasteiger partial charge is 0.272 e. The first-order valence-electron chi connectivity index (χ1n) is 7.55. The quantitative estimate of drug-likeness (QED) is 0.636. The predicted octanol–water partition coefficient (Wildman–Crippen LogP) is 3.89. The molecular weight excluding hydrogens is 347 g/mol. The Balaban J connectivity index is 2.17. The number of pyridine rings is 1. The molecule has 1 N–H and O–H groups in total. The van der Waals surface area contributed by atoms with E-state index in [2.05, 4.69) is 10.4 Å². The second-order valence-corrected chi connectivity index (χ2v) is 6.05. The number of hydrazine groups is 1. The molecule has 1 saturated heterocycles. The number of rotatable bonds is 5. The molecule has 2 unspecified atom stereocenters. The number of hydrogen-bond acceptors (Lipinski definition) is 4. The first-order valence-corrected chi connectivity index (χ1v) is 7.92. The summed E-state index contributed by atoms with van der Waals surface area (Å²) >= 11 is 5.54. The van der Waals surface area contributed by atoms with Gasteiger partial charge in [0.1, 0.15) is 11.0 Å². The van der Waals surface area contributed by atoms with Gasteiger partial charge in [0.2, 0.25) is 0 Å². The van der Waals surface area contributed by atoms with Gasteiger partial charge in [-0.3, -0.25) is 15.0 Å². The molecule has 1 aliphatic rings. The molecule has 0 saturated carbocycles.